The second kappa shape index (κ2) is 5.44. The molecule has 2 rings (SSSR count). The van der Waals surface area contributed by atoms with Gasteiger partial charge in [0.05, 0.1) is 12.0 Å². The molecular formula is C13H18N2O4. The monoisotopic (exact) mass is 266 g/mol. The van der Waals surface area contributed by atoms with Gasteiger partial charge in [-0.15, -0.1) is 0 Å². The van der Waals surface area contributed by atoms with Gasteiger partial charge in [0, 0.05) is 6.54 Å². The van der Waals surface area contributed by atoms with Gasteiger partial charge in [-0.05, 0) is 38.4 Å². The lowest BCUT2D eigenvalue weighted by molar-refractivity contribution is -0.123. The molecule has 0 saturated carbocycles. The van der Waals surface area contributed by atoms with Crippen LogP contribution in [0.25, 0.3) is 0 Å². The smallest absolute Gasteiger partial charge is 0.371 e. The van der Waals surface area contributed by atoms with E-state index in [2.05, 4.69) is 4.90 Å². The Bertz CT molecular complexity index is 483. The van der Waals surface area contributed by atoms with Crippen LogP contribution in [-0.4, -0.2) is 35.0 Å². The average Bonchev–Trinajstić information content (AvgIpc) is 2.87. The fraction of sp³-hybridized carbons (Fsp3) is 0.538. The number of hydrogen-bond acceptors (Lipinski definition) is 4. The SMILES string of the molecule is CC(c1ccc(C(=O)O)o1)N1CCCC(C(N)=O)C1. The molecule has 6 nitrogen and oxygen atoms in total. The van der Waals surface area contributed by atoms with Crippen molar-refractivity contribution in [2.45, 2.75) is 25.8 Å². The summed E-state index contributed by atoms with van der Waals surface area (Å²) in [5.74, 6) is -0.951. The van der Waals surface area contributed by atoms with Gasteiger partial charge < -0.3 is 15.3 Å². The lowest BCUT2D eigenvalue weighted by Crippen LogP contribution is -2.42. The van der Waals surface area contributed by atoms with Gasteiger partial charge in [0.15, 0.2) is 0 Å². The summed E-state index contributed by atoms with van der Waals surface area (Å²) in [4.78, 5) is 24.1. The average molecular weight is 266 g/mol. The van der Waals surface area contributed by atoms with Crippen LogP contribution in [0.4, 0.5) is 0 Å². The first-order valence-corrected chi connectivity index (χ1v) is 6.35. The highest BCUT2D eigenvalue weighted by Gasteiger charge is 2.28. The number of nitrogens with two attached hydrogens (primary N) is 1. The van der Waals surface area contributed by atoms with Crippen molar-refractivity contribution in [1.29, 1.82) is 0 Å². The molecule has 1 aromatic heterocycles. The molecule has 1 fully saturated rings. The summed E-state index contributed by atoms with van der Waals surface area (Å²) in [5, 5.41) is 8.84. The van der Waals surface area contributed by atoms with Crippen molar-refractivity contribution in [1.82, 2.24) is 4.90 Å². The summed E-state index contributed by atoms with van der Waals surface area (Å²) in [7, 11) is 0. The van der Waals surface area contributed by atoms with Crippen molar-refractivity contribution < 1.29 is 19.1 Å². The molecule has 0 radical (unpaired) electrons. The van der Waals surface area contributed by atoms with E-state index >= 15 is 0 Å². The summed E-state index contributed by atoms with van der Waals surface area (Å²) in [6.45, 7) is 3.39. The Morgan fingerprint density at radius 1 is 1.53 bits per heavy atom. The largest absolute Gasteiger partial charge is 0.475 e. The summed E-state index contributed by atoms with van der Waals surface area (Å²) < 4.78 is 5.30. The standard InChI is InChI=1S/C13H18N2O4/c1-8(10-4-5-11(19-10)13(17)18)15-6-2-3-9(7-15)12(14)16/h4-5,8-9H,2-3,6-7H2,1H3,(H2,14,16)(H,17,18). The third-order valence-electron chi connectivity index (χ3n) is 3.65. The number of amides is 1. The van der Waals surface area contributed by atoms with E-state index in [4.69, 9.17) is 15.3 Å². The Kier molecular flexibility index (Phi) is 3.90. The number of nitrogens with zero attached hydrogens (tertiary/aromatic N) is 1. The first-order chi connectivity index (χ1) is 8.99. The van der Waals surface area contributed by atoms with Gasteiger partial charge in [0.25, 0.3) is 0 Å². The second-order valence-electron chi connectivity index (χ2n) is 4.92. The zero-order chi connectivity index (χ0) is 14.0. The van der Waals surface area contributed by atoms with E-state index in [0.29, 0.717) is 12.3 Å². The van der Waals surface area contributed by atoms with Crippen LogP contribution in [0.3, 0.4) is 0 Å². The second-order valence-corrected chi connectivity index (χ2v) is 4.92. The first kappa shape index (κ1) is 13.6. The first-order valence-electron chi connectivity index (χ1n) is 6.35. The quantitative estimate of drug-likeness (QED) is 0.854. The Morgan fingerprint density at radius 2 is 2.26 bits per heavy atom. The molecule has 0 aromatic carbocycles. The van der Waals surface area contributed by atoms with Crippen molar-refractivity contribution in [3.8, 4) is 0 Å². The highest BCUT2D eigenvalue weighted by molar-refractivity contribution is 5.84. The molecule has 0 spiro atoms. The van der Waals surface area contributed by atoms with Crippen LogP contribution in [0.1, 0.15) is 42.1 Å². The Hall–Kier alpha value is -1.82. The molecule has 1 aromatic rings. The number of hydrogen-bond donors (Lipinski definition) is 2. The van der Waals surface area contributed by atoms with Gasteiger partial charge in [-0.1, -0.05) is 0 Å². The molecule has 1 aliphatic rings. The van der Waals surface area contributed by atoms with E-state index < -0.39 is 5.97 Å². The summed E-state index contributed by atoms with van der Waals surface area (Å²) in [6.07, 6.45) is 1.72. The fourth-order valence-corrected chi connectivity index (χ4v) is 2.46. The van der Waals surface area contributed by atoms with Crippen LogP contribution >= 0.6 is 0 Å². The van der Waals surface area contributed by atoms with Crippen LogP contribution in [0, 0.1) is 5.92 Å². The lowest BCUT2D eigenvalue weighted by Gasteiger charge is -2.34. The maximum Gasteiger partial charge on any atom is 0.371 e. The van der Waals surface area contributed by atoms with Crippen molar-refractivity contribution in [3.05, 3.63) is 23.7 Å². The maximum atomic E-state index is 11.2. The minimum Gasteiger partial charge on any atom is -0.475 e. The lowest BCUT2D eigenvalue weighted by atomic mass is 9.96. The van der Waals surface area contributed by atoms with E-state index in [1.54, 1.807) is 6.07 Å². The molecule has 0 bridgehead atoms. The van der Waals surface area contributed by atoms with Crippen LogP contribution in [0.15, 0.2) is 16.5 Å². The minimum absolute atomic E-state index is 0.0600. The van der Waals surface area contributed by atoms with Crippen LogP contribution in [0.2, 0.25) is 0 Å². The van der Waals surface area contributed by atoms with Crippen molar-refractivity contribution in [3.63, 3.8) is 0 Å². The molecule has 1 amide bonds. The number of primary amides is 1. The van der Waals surface area contributed by atoms with E-state index in [-0.39, 0.29) is 23.6 Å². The van der Waals surface area contributed by atoms with E-state index in [1.165, 1.54) is 6.07 Å². The topological polar surface area (TPSA) is 96.8 Å². The summed E-state index contributed by atoms with van der Waals surface area (Å²) in [5.41, 5.74) is 5.35. The molecule has 3 N–H and O–H groups in total. The zero-order valence-electron chi connectivity index (χ0n) is 10.8. The number of rotatable bonds is 4. The Balaban J connectivity index is 2.07. The summed E-state index contributed by atoms with van der Waals surface area (Å²) >= 11 is 0. The van der Waals surface area contributed by atoms with Gasteiger partial charge in [-0.3, -0.25) is 9.69 Å². The van der Waals surface area contributed by atoms with Crippen LogP contribution in [0.5, 0.6) is 0 Å². The number of carboxylic acids is 1. The number of carbonyl (C=O) groups is 2. The molecule has 6 heteroatoms. The van der Waals surface area contributed by atoms with Crippen molar-refractivity contribution in [2.24, 2.45) is 11.7 Å². The Morgan fingerprint density at radius 3 is 2.84 bits per heavy atom. The highest BCUT2D eigenvalue weighted by Crippen LogP contribution is 2.27. The van der Waals surface area contributed by atoms with Gasteiger partial charge in [-0.2, -0.15) is 0 Å². The number of carboxylic acid groups (broad SMARTS) is 1. The highest BCUT2D eigenvalue weighted by atomic mass is 16.4. The normalized spacial score (nSPS) is 22.1. The number of carbonyl (C=O) groups excluding carboxylic acids is 1. The number of likely N-dealkylation sites (tertiary alicyclic amines) is 1. The van der Waals surface area contributed by atoms with E-state index in [0.717, 1.165) is 19.4 Å². The van der Waals surface area contributed by atoms with Gasteiger partial charge in [0.2, 0.25) is 11.7 Å². The zero-order valence-corrected chi connectivity index (χ0v) is 10.8. The van der Waals surface area contributed by atoms with Gasteiger partial charge >= 0.3 is 5.97 Å². The molecule has 104 valence electrons. The third-order valence-corrected chi connectivity index (χ3v) is 3.65. The minimum atomic E-state index is -1.08. The van der Waals surface area contributed by atoms with E-state index in [9.17, 15) is 9.59 Å². The third kappa shape index (κ3) is 2.96. The Labute approximate surface area is 111 Å². The van der Waals surface area contributed by atoms with Crippen LogP contribution < -0.4 is 5.73 Å². The number of aromatic carboxylic acids is 1. The molecule has 2 unspecified atom stereocenters. The van der Waals surface area contributed by atoms with Crippen LogP contribution in [-0.2, 0) is 4.79 Å². The molecule has 1 saturated heterocycles. The maximum absolute atomic E-state index is 11.2. The molecule has 2 heterocycles. The predicted molar refractivity (Wildman–Crippen MR) is 67.6 cm³/mol. The van der Waals surface area contributed by atoms with E-state index in [1.807, 2.05) is 6.92 Å². The molecule has 19 heavy (non-hydrogen) atoms. The predicted octanol–water partition coefficient (Wildman–Crippen LogP) is 1.24. The number of furan rings is 1. The molecule has 2 atom stereocenters. The number of piperidine rings is 1. The molecular weight excluding hydrogens is 248 g/mol. The molecule has 0 aliphatic carbocycles. The molecule has 1 aliphatic heterocycles. The van der Waals surface area contributed by atoms with Crippen molar-refractivity contribution >= 4 is 11.9 Å². The fourth-order valence-electron chi connectivity index (χ4n) is 2.46. The summed E-state index contributed by atoms with van der Waals surface area (Å²) in [6, 6.07) is 3.06. The van der Waals surface area contributed by atoms with Gasteiger partial charge in [0.1, 0.15) is 5.76 Å². The van der Waals surface area contributed by atoms with Gasteiger partial charge in [-0.25, -0.2) is 4.79 Å². The van der Waals surface area contributed by atoms with Crippen molar-refractivity contribution in [2.75, 3.05) is 13.1 Å².